The van der Waals surface area contributed by atoms with Gasteiger partial charge in [-0.1, -0.05) is 24.3 Å². The van der Waals surface area contributed by atoms with Gasteiger partial charge in [-0.05, 0) is 37.8 Å². The van der Waals surface area contributed by atoms with Crippen molar-refractivity contribution in [3.05, 3.63) is 35.4 Å². The molecule has 21 heavy (non-hydrogen) atoms. The molecule has 2 aliphatic rings. The molecule has 4 heteroatoms. The van der Waals surface area contributed by atoms with Gasteiger partial charge in [-0.2, -0.15) is 0 Å². The number of amides is 1. The van der Waals surface area contributed by atoms with Crippen LogP contribution >= 0.6 is 0 Å². The van der Waals surface area contributed by atoms with Crippen LogP contribution in [0.5, 0.6) is 0 Å². The third-order valence-corrected chi connectivity index (χ3v) is 4.91. The molecule has 3 rings (SSSR count). The molecule has 1 aliphatic heterocycles. The number of hydrogen-bond acceptors (Lipinski definition) is 3. The summed E-state index contributed by atoms with van der Waals surface area (Å²) in [5.41, 5.74) is 7.89. The Labute approximate surface area is 126 Å². The van der Waals surface area contributed by atoms with Crippen LogP contribution in [0.1, 0.15) is 37.8 Å². The van der Waals surface area contributed by atoms with Crippen molar-refractivity contribution >= 4 is 5.91 Å². The Balaban J connectivity index is 1.78. The van der Waals surface area contributed by atoms with E-state index in [0.717, 1.165) is 44.6 Å². The Kier molecular flexibility index (Phi) is 3.54. The Bertz CT molecular complexity index is 525. The first-order chi connectivity index (χ1) is 9.93. The number of nitrogens with two attached hydrogens (primary N) is 1. The lowest BCUT2D eigenvalue weighted by Crippen LogP contribution is -2.51. The van der Waals surface area contributed by atoms with Crippen LogP contribution in [-0.2, 0) is 15.7 Å². The number of piperazine rings is 1. The number of carbonyl (C=O) groups excluding carboxylic acids is 1. The summed E-state index contributed by atoms with van der Waals surface area (Å²) >= 11 is 0. The molecule has 114 valence electrons. The van der Waals surface area contributed by atoms with E-state index < -0.39 is 5.41 Å². The van der Waals surface area contributed by atoms with Crippen LogP contribution < -0.4 is 11.1 Å². The molecule has 2 fully saturated rings. The van der Waals surface area contributed by atoms with Gasteiger partial charge in [0.05, 0.1) is 5.41 Å². The lowest BCUT2D eigenvalue weighted by Gasteiger charge is -2.35. The topological polar surface area (TPSA) is 58.4 Å². The molecule has 0 unspecified atom stereocenters. The molecule has 0 bridgehead atoms. The summed E-state index contributed by atoms with van der Waals surface area (Å²) in [5, 5.41) is 3.28. The van der Waals surface area contributed by atoms with Crippen molar-refractivity contribution in [3.8, 4) is 0 Å². The molecule has 1 aliphatic carbocycles. The van der Waals surface area contributed by atoms with E-state index in [-0.39, 0.29) is 11.4 Å². The van der Waals surface area contributed by atoms with E-state index in [4.69, 9.17) is 5.73 Å². The number of rotatable bonds is 3. The molecule has 1 saturated carbocycles. The minimum atomic E-state index is -0.485. The molecular weight excluding hydrogens is 262 g/mol. The lowest BCUT2D eigenvalue weighted by atomic mass is 9.82. The zero-order valence-electron chi connectivity index (χ0n) is 13.0. The van der Waals surface area contributed by atoms with Crippen molar-refractivity contribution in [2.45, 2.75) is 37.6 Å². The summed E-state index contributed by atoms with van der Waals surface area (Å²) in [6.45, 7) is 7.40. The van der Waals surface area contributed by atoms with Crippen LogP contribution in [0.4, 0.5) is 0 Å². The van der Waals surface area contributed by atoms with Gasteiger partial charge in [-0.3, -0.25) is 4.79 Å². The van der Waals surface area contributed by atoms with E-state index in [0.29, 0.717) is 0 Å². The zero-order chi connectivity index (χ0) is 15.1. The average molecular weight is 287 g/mol. The van der Waals surface area contributed by atoms with Crippen LogP contribution in [0.2, 0.25) is 0 Å². The predicted molar refractivity (Wildman–Crippen MR) is 84.0 cm³/mol. The Morgan fingerprint density at radius 2 is 1.76 bits per heavy atom. The van der Waals surface area contributed by atoms with E-state index in [1.54, 1.807) is 0 Å². The van der Waals surface area contributed by atoms with Gasteiger partial charge in [0.1, 0.15) is 0 Å². The average Bonchev–Trinajstić information content (AvgIpc) is 3.26. The molecular formula is C17H25N3O. The summed E-state index contributed by atoms with van der Waals surface area (Å²) < 4.78 is 0. The number of nitrogens with one attached hydrogen (secondary N) is 1. The molecule has 1 amide bonds. The number of benzene rings is 1. The van der Waals surface area contributed by atoms with Crippen LogP contribution in [0.3, 0.4) is 0 Å². The first-order valence-electron chi connectivity index (χ1n) is 7.83. The second kappa shape index (κ2) is 5.11. The van der Waals surface area contributed by atoms with Gasteiger partial charge in [0.25, 0.3) is 0 Å². The number of nitrogens with zero attached hydrogens (tertiary/aromatic N) is 1. The summed E-state index contributed by atoms with van der Waals surface area (Å²) in [5.74, 6) is 0.214. The van der Waals surface area contributed by atoms with Gasteiger partial charge in [0.15, 0.2) is 0 Å². The highest BCUT2D eigenvalue weighted by Crippen LogP contribution is 2.43. The summed E-state index contributed by atoms with van der Waals surface area (Å²) in [4.78, 5) is 14.8. The van der Waals surface area contributed by atoms with Crippen LogP contribution in [0.25, 0.3) is 0 Å². The normalized spacial score (nSPS) is 21.2. The van der Waals surface area contributed by atoms with Gasteiger partial charge < -0.3 is 16.0 Å². The fourth-order valence-corrected chi connectivity index (χ4v) is 3.03. The maximum Gasteiger partial charge on any atom is 0.232 e. The Hall–Kier alpha value is -1.39. The highest BCUT2D eigenvalue weighted by Gasteiger charge is 2.40. The second-order valence-corrected chi connectivity index (χ2v) is 6.90. The predicted octanol–water partition coefficient (Wildman–Crippen LogP) is 1.34. The van der Waals surface area contributed by atoms with Gasteiger partial charge in [0, 0.05) is 31.7 Å². The van der Waals surface area contributed by atoms with Crippen LogP contribution in [0.15, 0.2) is 24.3 Å². The van der Waals surface area contributed by atoms with E-state index in [2.05, 4.69) is 29.6 Å². The maximum atomic E-state index is 12.8. The molecule has 3 N–H and O–H groups in total. The number of hydrogen-bond donors (Lipinski definition) is 2. The fraction of sp³-hybridized carbons (Fsp3) is 0.588. The van der Waals surface area contributed by atoms with Crippen molar-refractivity contribution in [3.63, 3.8) is 0 Å². The van der Waals surface area contributed by atoms with E-state index in [1.807, 2.05) is 18.7 Å². The highest BCUT2D eigenvalue weighted by molar-refractivity contribution is 5.87. The maximum absolute atomic E-state index is 12.8. The van der Waals surface area contributed by atoms with E-state index in [1.165, 1.54) is 5.56 Å². The van der Waals surface area contributed by atoms with E-state index >= 15 is 0 Å². The molecule has 1 aromatic carbocycles. The van der Waals surface area contributed by atoms with Crippen molar-refractivity contribution < 1.29 is 4.79 Å². The summed E-state index contributed by atoms with van der Waals surface area (Å²) in [7, 11) is 0. The van der Waals surface area contributed by atoms with Crippen LogP contribution in [0, 0.1) is 0 Å². The molecule has 1 aromatic rings. The van der Waals surface area contributed by atoms with Crippen LogP contribution in [-0.4, -0.2) is 37.0 Å². The monoisotopic (exact) mass is 287 g/mol. The largest absolute Gasteiger partial charge is 0.339 e. The quantitative estimate of drug-likeness (QED) is 0.882. The zero-order valence-corrected chi connectivity index (χ0v) is 13.0. The first-order valence-corrected chi connectivity index (χ1v) is 7.83. The minimum Gasteiger partial charge on any atom is -0.339 e. The van der Waals surface area contributed by atoms with Crippen molar-refractivity contribution in [2.24, 2.45) is 5.73 Å². The SMILES string of the molecule is CC(C)(C(=O)N1CCNCC1)c1ccc(C2(N)CC2)cc1. The smallest absolute Gasteiger partial charge is 0.232 e. The third kappa shape index (κ3) is 2.70. The van der Waals surface area contributed by atoms with Gasteiger partial charge in [-0.15, -0.1) is 0 Å². The molecule has 0 aromatic heterocycles. The Morgan fingerprint density at radius 3 is 2.29 bits per heavy atom. The molecule has 1 saturated heterocycles. The summed E-state index contributed by atoms with van der Waals surface area (Å²) in [6, 6.07) is 8.33. The van der Waals surface area contributed by atoms with Crippen molar-refractivity contribution in [2.75, 3.05) is 26.2 Å². The minimum absolute atomic E-state index is 0.106. The van der Waals surface area contributed by atoms with Gasteiger partial charge in [-0.25, -0.2) is 0 Å². The highest BCUT2D eigenvalue weighted by atomic mass is 16.2. The van der Waals surface area contributed by atoms with E-state index in [9.17, 15) is 4.79 Å². The second-order valence-electron chi connectivity index (χ2n) is 6.90. The summed E-state index contributed by atoms with van der Waals surface area (Å²) in [6.07, 6.45) is 2.13. The van der Waals surface area contributed by atoms with Gasteiger partial charge >= 0.3 is 0 Å². The fourth-order valence-electron chi connectivity index (χ4n) is 3.03. The van der Waals surface area contributed by atoms with Crippen molar-refractivity contribution in [1.82, 2.24) is 10.2 Å². The Morgan fingerprint density at radius 1 is 1.19 bits per heavy atom. The standard InChI is InChI=1S/C17H25N3O/c1-16(2,15(21)20-11-9-19-10-12-20)13-3-5-14(6-4-13)17(18)7-8-17/h3-6,19H,7-12,18H2,1-2H3. The molecule has 1 heterocycles. The number of carbonyl (C=O) groups is 1. The van der Waals surface area contributed by atoms with Gasteiger partial charge in [0.2, 0.25) is 5.91 Å². The molecule has 0 atom stereocenters. The molecule has 4 nitrogen and oxygen atoms in total. The molecule has 0 spiro atoms. The van der Waals surface area contributed by atoms with Crippen molar-refractivity contribution in [1.29, 1.82) is 0 Å². The lowest BCUT2D eigenvalue weighted by molar-refractivity contribution is -0.136. The molecule has 0 radical (unpaired) electrons. The first kappa shape index (κ1) is 14.5. The third-order valence-electron chi connectivity index (χ3n) is 4.91.